The van der Waals surface area contributed by atoms with E-state index in [2.05, 4.69) is 15.2 Å². The zero-order chi connectivity index (χ0) is 13.5. The van der Waals surface area contributed by atoms with Gasteiger partial charge < -0.3 is 10.2 Å². The highest BCUT2D eigenvalue weighted by molar-refractivity contribution is 7.98. The molecule has 1 aliphatic rings. The molecule has 2 heterocycles. The van der Waals surface area contributed by atoms with E-state index in [0.29, 0.717) is 23.6 Å². The van der Waals surface area contributed by atoms with Crippen LogP contribution in [0.25, 0.3) is 11.1 Å². The van der Waals surface area contributed by atoms with Crippen molar-refractivity contribution in [3.63, 3.8) is 0 Å². The van der Waals surface area contributed by atoms with Gasteiger partial charge in [0.25, 0.3) is 0 Å². The van der Waals surface area contributed by atoms with Crippen molar-refractivity contribution in [3.8, 4) is 0 Å². The van der Waals surface area contributed by atoms with Gasteiger partial charge in [0.05, 0.1) is 5.75 Å². The molecule has 0 amide bonds. The summed E-state index contributed by atoms with van der Waals surface area (Å²) in [7, 11) is 0. The first-order valence-electron chi connectivity index (χ1n) is 6.49. The molecule has 2 aromatic heterocycles. The van der Waals surface area contributed by atoms with Crippen LogP contribution in [0.1, 0.15) is 24.8 Å². The molecule has 1 saturated carbocycles. The highest BCUT2D eigenvalue weighted by atomic mass is 32.2. The zero-order valence-corrected chi connectivity index (χ0v) is 11.5. The molecule has 0 bridgehead atoms. The second kappa shape index (κ2) is 4.52. The number of hydrogen-bond donors (Lipinski definition) is 1. The maximum Gasteiger partial charge on any atom is 0.222 e. The minimum absolute atomic E-state index is 0.469. The Morgan fingerprint density at radius 2 is 2.15 bits per heavy atom. The summed E-state index contributed by atoms with van der Waals surface area (Å²) in [5, 5.41) is 8.92. The summed E-state index contributed by atoms with van der Waals surface area (Å²) in [6, 6.07) is 8.22. The molecule has 0 unspecified atom stereocenters. The molecular formula is C13H13N5OS. The van der Waals surface area contributed by atoms with Crippen molar-refractivity contribution in [2.75, 3.05) is 5.73 Å². The second-order valence-corrected chi connectivity index (χ2v) is 5.75. The third kappa shape index (κ3) is 2.03. The van der Waals surface area contributed by atoms with Gasteiger partial charge in [0, 0.05) is 6.04 Å². The number of aromatic nitrogens is 4. The molecule has 1 aliphatic carbocycles. The van der Waals surface area contributed by atoms with Crippen molar-refractivity contribution in [1.29, 1.82) is 0 Å². The molecule has 0 spiro atoms. The van der Waals surface area contributed by atoms with Gasteiger partial charge in [-0.15, -0.1) is 10.2 Å². The van der Waals surface area contributed by atoms with Gasteiger partial charge in [-0.2, -0.15) is 0 Å². The topological polar surface area (TPSA) is 82.8 Å². The van der Waals surface area contributed by atoms with E-state index in [9.17, 15) is 0 Å². The summed E-state index contributed by atoms with van der Waals surface area (Å²) in [5.74, 6) is 1.81. The zero-order valence-electron chi connectivity index (χ0n) is 10.7. The third-order valence-electron chi connectivity index (χ3n) is 3.27. The first-order chi connectivity index (χ1) is 9.81. The van der Waals surface area contributed by atoms with Gasteiger partial charge in [-0.25, -0.2) is 4.98 Å². The quantitative estimate of drug-likeness (QED) is 0.743. The Bertz CT molecular complexity index is 728. The van der Waals surface area contributed by atoms with Gasteiger partial charge in [-0.1, -0.05) is 23.9 Å². The number of nitrogens with zero attached hydrogens (tertiary/aromatic N) is 4. The number of rotatable bonds is 4. The number of para-hydroxylation sites is 2. The SMILES string of the molecule is Nc1nnc(SCc2nc3ccccc3o2)n1C1CC1. The van der Waals surface area contributed by atoms with Crippen molar-refractivity contribution < 1.29 is 4.42 Å². The molecule has 3 aromatic rings. The molecular weight excluding hydrogens is 274 g/mol. The van der Waals surface area contributed by atoms with Crippen molar-refractivity contribution in [1.82, 2.24) is 19.7 Å². The maximum absolute atomic E-state index is 5.85. The number of hydrogen-bond acceptors (Lipinski definition) is 6. The van der Waals surface area contributed by atoms with Crippen LogP contribution in [0.3, 0.4) is 0 Å². The standard InChI is InChI=1S/C13H13N5OS/c14-12-16-17-13(18(12)8-5-6-8)20-7-11-15-9-3-1-2-4-10(9)19-11/h1-4,8H,5-7H2,(H2,14,16). The normalized spacial score (nSPS) is 15.0. The summed E-state index contributed by atoms with van der Waals surface area (Å²) in [5.41, 5.74) is 7.54. The molecule has 0 radical (unpaired) electrons. The largest absolute Gasteiger partial charge is 0.440 e. The van der Waals surface area contributed by atoms with Crippen molar-refractivity contribution in [3.05, 3.63) is 30.2 Å². The van der Waals surface area contributed by atoms with Gasteiger partial charge in [-0.05, 0) is 25.0 Å². The van der Waals surface area contributed by atoms with Crippen LogP contribution in [0.4, 0.5) is 5.95 Å². The lowest BCUT2D eigenvalue weighted by molar-refractivity contribution is 0.555. The molecule has 1 aromatic carbocycles. The molecule has 0 atom stereocenters. The monoisotopic (exact) mass is 287 g/mol. The third-order valence-corrected chi connectivity index (χ3v) is 4.19. The second-order valence-electron chi connectivity index (χ2n) is 4.81. The Balaban J connectivity index is 1.55. The predicted octanol–water partition coefficient (Wildman–Crippen LogP) is 2.63. The molecule has 20 heavy (non-hydrogen) atoms. The van der Waals surface area contributed by atoms with E-state index in [1.165, 1.54) is 0 Å². The van der Waals surface area contributed by atoms with Crippen LogP contribution < -0.4 is 5.73 Å². The maximum atomic E-state index is 5.85. The highest BCUT2D eigenvalue weighted by Gasteiger charge is 2.29. The van der Waals surface area contributed by atoms with Crippen LogP contribution in [0.15, 0.2) is 33.8 Å². The van der Waals surface area contributed by atoms with Crippen molar-refractivity contribution >= 4 is 28.8 Å². The Hall–Kier alpha value is -2.02. The van der Waals surface area contributed by atoms with Crippen LogP contribution in [0.5, 0.6) is 0 Å². The number of oxazole rings is 1. The summed E-state index contributed by atoms with van der Waals surface area (Å²) < 4.78 is 7.70. The smallest absolute Gasteiger partial charge is 0.222 e. The van der Waals surface area contributed by atoms with E-state index in [1.807, 2.05) is 28.8 Å². The Morgan fingerprint density at radius 1 is 1.30 bits per heavy atom. The number of nitrogen functional groups attached to an aromatic ring is 1. The number of anilines is 1. The molecule has 1 fully saturated rings. The Kier molecular flexibility index (Phi) is 2.66. The fourth-order valence-electron chi connectivity index (χ4n) is 2.17. The summed E-state index contributed by atoms with van der Waals surface area (Å²) >= 11 is 1.56. The van der Waals surface area contributed by atoms with E-state index in [0.717, 1.165) is 29.1 Å². The molecule has 7 heteroatoms. The van der Waals surface area contributed by atoms with Crippen LogP contribution in [-0.4, -0.2) is 19.7 Å². The summed E-state index contributed by atoms with van der Waals surface area (Å²) in [6.45, 7) is 0. The van der Waals surface area contributed by atoms with Crippen molar-refractivity contribution in [2.24, 2.45) is 0 Å². The first kappa shape index (κ1) is 11.8. The fraction of sp³-hybridized carbons (Fsp3) is 0.308. The van der Waals surface area contributed by atoms with E-state index < -0.39 is 0 Å². The molecule has 6 nitrogen and oxygen atoms in total. The van der Waals surface area contributed by atoms with Gasteiger partial charge >= 0.3 is 0 Å². The van der Waals surface area contributed by atoms with Crippen LogP contribution in [-0.2, 0) is 5.75 Å². The van der Waals surface area contributed by atoms with Crippen LogP contribution in [0.2, 0.25) is 0 Å². The Labute approximate surface area is 119 Å². The average Bonchev–Trinajstić information content (AvgIpc) is 3.09. The minimum Gasteiger partial charge on any atom is -0.440 e. The van der Waals surface area contributed by atoms with E-state index in [-0.39, 0.29) is 0 Å². The van der Waals surface area contributed by atoms with Crippen molar-refractivity contribution in [2.45, 2.75) is 29.8 Å². The van der Waals surface area contributed by atoms with E-state index >= 15 is 0 Å². The lowest BCUT2D eigenvalue weighted by Crippen LogP contribution is -2.02. The van der Waals surface area contributed by atoms with Gasteiger partial charge in [-0.3, -0.25) is 4.57 Å². The highest BCUT2D eigenvalue weighted by Crippen LogP contribution is 2.39. The number of fused-ring (bicyclic) bond motifs is 1. The van der Waals surface area contributed by atoms with E-state index in [4.69, 9.17) is 10.2 Å². The van der Waals surface area contributed by atoms with Crippen LogP contribution in [0, 0.1) is 0 Å². The number of thioether (sulfide) groups is 1. The van der Waals surface area contributed by atoms with Gasteiger partial charge in [0.1, 0.15) is 5.52 Å². The fourth-order valence-corrected chi connectivity index (χ4v) is 3.03. The molecule has 2 N–H and O–H groups in total. The van der Waals surface area contributed by atoms with Gasteiger partial charge in [0.2, 0.25) is 11.8 Å². The number of nitrogens with two attached hydrogens (primary N) is 1. The first-order valence-corrected chi connectivity index (χ1v) is 7.47. The predicted molar refractivity (Wildman–Crippen MR) is 76.3 cm³/mol. The van der Waals surface area contributed by atoms with Gasteiger partial charge in [0.15, 0.2) is 10.7 Å². The lowest BCUT2D eigenvalue weighted by atomic mass is 10.3. The molecule has 4 rings (SSSR count). The average molecular weight is 287 g/mol. The van der Waals surface area contributed by atoms with E-state index in [1.54, 1.807) is 11.8 Å². The summed E-state index contributed by atoms with van der Waals surface area (Å²) in [4.78, 5) is 4.45. The molecule has 0 aliphatic heterocycles. The lowest BCUT2D eigenvalue weighted by Gasteiger charge is -2.04. The molecule has 102 valence electrons. The number of benzene rings is 1. The minimum atomic E-state index is 0.469. The van der Waals surface area contributed by atoms with Crippen LogP contribution >= 0.6 is 11.8 Å². The Morgan fingerprint density at radius 3 is 2.95 bits per heavy atom. The summed E-state index contributed by atoms with van der Waals surface area (Å²) in [6.07, 6.45) is 2.30. The molecule has 0 saturated heterocycles.